The number of hydrogen-bond acceptors (Lipinski definition) is 2. The average Bonchev–Trinajstić information content (AvgIpc) is 2.47. The molecule has 0 aromatic heterocycles. The van der Waals surface area contributed by atoms with Crippen LogP contribution in [-0.2, 0) is 31.2 Å². The maximum absolute atomic E-state index is 10.9. The Labute approximate surface area is 133 Å². The van der Waals surface area contributed by atoms with Gasteiger partial charge in [0.15, 0.2) is 0 Å². The van der Waals surface area contributed by atoms with E-state index in [1.807, 2.05) is 12.1 Å². The first-order valence-corrected chi connectivity index (χ1v) is 4.86. The smallest absolute Gasteiger partial charge is 0.137 e. The van der Waals surface area contributed by atoms with E-state index in [4.69, 9.17) is 31.4 Å². The number of benzene rings is 1. The van der Waals surface area contributed by atoms with Gasteiger partial charge in [-0.1, -0.05) is 23.7 Å². The zero-order chi connectivity index (χ0) is 15.8. The fraction of sp³-hybridized carbons (Fsp3) is 0.0769. The van der Waals surface area contributed by atoms with Gasteiger partial charge in [-0.25, -0.2) is 0 Å². The van der Waals surface area contributed by atoms with Crippen molar-refractivity contribution in [2.24, 2.45) is 0 Å². The molecule has 0 aliphatic rings. The molecule has 0 amide bonds. The molecule has 4 radical (unpaired) electrons. The van der Waals surface area contributed by atoms with E-state index in [0.29, 0.717) is 10.9 Å². The SMILES string of the molecule is [C-]#[O+].[C-]#[O+].[CH2][C]([CH]c1ccc(Cl)cc1)C(C)=O.[Fe].[N]=O. The second-order valence-corrected chi connectivity index (χ2v) is 3.21. The van der Waals surface area contributed by atoms with Gasteiger partial charge in [-0.05, 0) is 31.5 Å². The molecular formula is C13H10ClFeNO4. The predicted octanol–water partition coefficient (Wildman–Crippen LogP) is 2.37. The van der Waals surface area contributed by atoms with Gasteiger partial charge in [-0.2, -0.15) is 0 Å². The van der Waals surface area contributed by atoms with Crippen LogP contribution >= 0.6 is 11.6 Å². The Morgan fingerprint density at radius 2 is 1.55 bits per heavy atom. The summed E-state index contributed by atoms with van der Waals surface area (Å²) in [6, 6.07) is 7.24. The number of ketones is 1. The molecule has 1 rings (SSSR count). The molecule has 1 aromatic rings. The molecule has 20 heavy (non-hydrogen) atoms. The normalized spacial score (nSPS) is 7.20. The maximum atomic E-state index is 10.9. The van der Waals surface area contributed by atoms with E-state index in [2.05, 4.69) is 20.2 Å². The van der Waals surface area contributed by atoms with Gasteiger partial charge in [0.05, 0.1) is 0 Å². The number of carbonyl (C=O) groups excluding carboxylic acids is 1. The summed E-state index contributed by atoms with van der Waals surface area (Å²) in [4.78, 5) is 18.1. The zero-order valence-corrected chi connectivity index (χ0v) is 12.3. The first-order valence-electron chi connectivity index (χ1n) is 4.49. The molecule has 106 valence electrons. The summed E-state index contributed by atoms with van der Waals surface area (Å²) in [5.74, 6) is 0.484. The molecule has 0 aliphatic carbocycles. The molecule has 0 heterocycles. The number of nitroso groups, excluding NO2 is 1. The van der Waals surface area contributed by atoms with Crippen LogP contribution in [0.1, 0.15) is 12.5 Å². The summed E-state index contributed by atoms with van der Waals surface area (Å²) in [7, 11) is 0. The van der Waals surface area contributed by atoms with Crippen LogP contribution in [0.3, 0.4) is 0 Å². The standard InChI is InChI=1S/C11H10ClO.2CO.Fe.NO/c1-8(9(2)13)7-10-3-5-11(12)6-4-10;2*1-2;;1-2/h3-7H,1H2,2H3;;;;. The van der Waals surface area contributed by atoms with Crippen molar-refractivity contribution in [3.8, 4) is 0 Å². The Hall–Kier alpha value is -1.22. The van der Waals surface area contributed by atoms with Crippen molar-refractivity contribution in [2.45, 2.75) is 6.92 Å². The number of hydrogen-bond donors (Lipinski definition) is 0. The molecule has 1 aromatic carbocycles. The third-order valence-corrected chi connectivity index (χ3v) is 1.92. The molecule has 0 fully saturated rings. The van der Waals surface area contributed by atoms with Crippen molar-refractivity contribution in [2.75, 3.05) is 0 Å². The fourth-order valence-electron chi connectivity index (χ4n) is 0.862. The van der Waals surface area contributed by atoms with E-state index in [1.54, 1.807) is 18.6 Å². The van der Waals surface area contributed by atoms with Gasteiger partial charge < -0.3 is 0 Å². The molecule has 0 aliphatic heterocycles. The van der Waals surface area contributed by atoms with Crippen molar-refractivity contribution < 1.29 is 31.2 Å². The van der Waals surface area contributed by atoms with Crippen LogP contribution in [-0.4, -0.2) is 5.78 Å². The van der Waals surface area contributed by atoms with Gasteiger partial charge >= 0.3 is 22.6 Å². The zero-order valence-electron chi connectivity index (χ0n) is 10.4. The summed E-state index contributed by atoms with van der Waals surface area (Å²) in [6.07, 6.45) is 1.73. The number of Topliss-reactive ketones (excluding diaryl/α,β-unsaturated/α-hetero) is 1. The molecular weight excluding hydrogens is 325 g/mol. The molecule has 0 bridgehead atoms. The number of rotatable bonds is 3. The van der Waals surface area contributed by atoms with Crippen molar-refractivity contribution in [1.82, 2.24) is 5.59 Å². The Balaban J connectivity index is -0.000000162. The van der Waals surface area contributed by atoms with Gasteiger partial charge in [-0.3, -0.25) is 4.79 Å². The van der Waals surface area contributed by atoms with E-state index in [0.717, 1.165) is 5.56 Å². The summed E-state index contributed by atoms with van der Waals surface area (Å²) >= 11 is 5.71. The Morgan fingerprint density at radius 1 is 1.20 bits per heavy atom. The molecule has 0 unspecified atom stereocenters. The second kappa shape index (κ2) is 20.1. The fourth-order valence-corrected chi connectivity index (χ4v) is 0.988. The van der Waals surface area contributed by atoms with Crippen molar-refractivity contribution >= 4 is 17.4 Å². The van der Waals surface area contributed by atoms with E-state index in [-0.39, 0.29) is 22.9 Å². The van der Waals surface area contributed by atoms with Crippen molar-refractivity contribution in [3.05, 3.63) is 72.3 Å². The van der Waals surface area contributed by atoms with E-state index >= 15 is 0 Å². The molecule has 0 saturated heterocycles. The summed E-state index contributed by atoms with van der Waals surface area (Å²) in [5.41, 5.74) is 6.68. The second-order valence-electron chi connectivity index (χ2n) is 2.78. The van der Waals surface area contributed by atoms with Gasteiger partial charge in [0.1, 0.15) is 11.4 Å². The van der Waals surface area contributed by atoms with Crippen molar-refractivity contribution in [3.63, 3.8) is 0 Å². The van der Waals surface area contributed by atoms with E-state index < -0.39 is 0 Å². The van der Waals surface area contributed by atoms with Gasteiger partial charge in [-0.15, -0.1) is 4.91 Å². The first kappa shape index (κ1) is 27.2. The number of nitrogens with zero attached hydrogens (tertiary/aromatic N) is 1. The summed E-state index contributed by atoms with van der Waals surface area (Å²) in [6.45, 7) is 14.1. The van der Waals surface area contributed by atoms with Gasteiger partial charge in [0.2, 0.25) is 0 Å². The van der Waals surface area contributed by atoms with Crippen LogP contribution in [0.4, 0.5) is 0 Å². The first-order chi connectivity index (χ1) is 9.09. The van der Waals surface area contributed by atoms with Crippen LogP contribution in [0.5, 0.6) is 0 Å². The number of halogens is 1. The largest absolute Gasteiger partial charge is 0.299 e. The van der Waals surface area contributed by atoms with Crippen LogP contribution < -0.4 is 5.59 Å². The summed E-state index contributed by atoms with van der Waals surface area (Å²) < 4.78 is 15.0. The molecule has 0 spiro atoms. The summed E-state index contributed by atoms with van der Waals surface area (Å²) in [5, 5.41) is 0.686. The Kier molecular flexibility index (Phi) is 27.3. The van der Waals surface area contributed by atoms with Crippen LogP contribution in [0, 0.1) is 37.5 Å². The third-order valence-electron chi connectivity index (χ3n) is 1.66. The minimum absolute atomic E-state index is 0. The topological polar surface area (TPSA) is 96.2 Å². The average molecular weight is 336 g/mol. The monoisotopic (exact) mass is 335 g/mol. The van der Waals surface area contributed by atoms with E-state index in [1.165, 1.54) is 6.92 Å². The third kappa shape index (κ3) is 14.8. The quantitative estimate of drug-likeness (QED) is 0.481. The molecule has 7 heteroatoms. The van der Waals surface area contributed by atoms with Crippen LogP contribution in [0.15, 0.2) is 24.3 Å². The minimum atomic E-state index is -0.0186. The molecule has 5 nitrogen and oxygen atoms in total. The Morgan fingerprint density at radius 3 is 1.85 bits per heavy atom. The minimum Gasteiger partial charge on any atom is -0.299 e. The van der Waals surface area contributed by atoms with Gasteiger partial charge in [0, 0.05) is 34.4 Å². The van der Waals surface area contributed by atoms with Crippen LogP contribution in [0.25, 0.3) is 0 Å². The molecule has 0 atom stereocenters. The maximum Gasteiger partial charge on any atom is 0.137 e. The molecule has 0 saturated carbocycles. The van der Waals surface area contributed by atoms with Crippen LogP contribution in [0.2, 0.25) is 5.02 Å². The Bertz CT molecular complexity index is 386. The van der Waals surface area contributed by atoms with Crippen molar-refractivity contribution in [1.29, 1.82) is 0 Å². The predicted molar refractivity (Wildman–Crippen MR) is 67.5 cm³/mol. The van der Waals surface area contributed by atoms with E-state index in [9.17, 15) is 4.79 Å². The van der Waals surface area contributed by atoms with Gasteiger partial charge in [0.25, 0.3) is 0 Å². The molecule has 0 N–H and O–H groups in total. The number of carbonyl (C=O) groups is 1.